The molecule has 120 valence electrons. The highest BCUT2D eigenvalue weighted by atomic mass is 35.5. The third-order valence-corrected chi connectivity index (χ3v) is 4.30. The average molecular weight is 369 g/mol. The number of amides is 2. The molecule has 2 aromatic carbocycles. The number of hydrogen-bond acceptors (Lipinski definition) is 3. The number of carbonyl (C=O) groups excluding carboxylic acids is 2. The Morgan fingerprint density at radius 1 is 0.913 bits per heavy atom. The number of anilines is 2. The minimum Gasteiger partial charge on any atom is -0.325 e. The summed E-state index contributed by atoms with van der Waals surface area (Å²) in [6.45, 7) is 0. The summed E-state index contributed by atoms with van der Waals surface area (Å²) in [5, 5.41) is 5.43. The molecule has 0 radical (unpaired) electrons. The predicted molar refractivity (Wildman–Crippen MR) is 95.7 cm³/mol. The number of benzene rings is 2. The monoisotopic (exact) mass is 368 g/mol. The fraction of sp³-hybridized carbons (Fsp3) is 0.125. The van der Waals surface area contributed by atoms with Crippen LogP contribution >= 0.6 is 35.0 Å². The summed E-state index contributed by atoms with van der Waals surface area (Å²) in [6.07, 6.45) is 0. The third kappa shape index (κ3) is 5.46. The molecule has 0 saturated heterocycles. The summed E-state index contributed by atoms with van der Waals surface area (Å²) in [5.41, 5.74) is 1.24. The summed E-state index contributed by atoms with van der Waals surface area (Å²) in [6, 6.07) is 14.9. The van der Waals surface area contributed by atoms with Crippen molar-refractivity contribution in [2.45, 2.75) is 9.79 Å². The van der Waals surface area contributed by atoms with Crippen molar-refractivity contribution in [1.82, 2.24) is 0 Å². The van der Waals surface area contributed by atoms with Crippen molar-refractivity contribution in [3.63, 3.8) is 0 Å². The molecular formula is C16H14Cl2N2O2S. The van der Waals surface area contributed by atoms with Crippen LogP contribution in [-0.4, -0.2) is 23.6 Å². The van der Waals surface area contributed by atoms with Crippen molar-refractivity contribution in [1.29, 1.82) is 0 Å². The van der Waals surface area contributed by atoms with E-state index in [9.17, 15) is 9.59 Å². The normalized spacial score (nSPS) is 10.2. The van der Waals surface area contributed by atoms with Gasteiger partial charge in [0.15, 0.2) is 0 Å². The molecule has 0 spiro atoms. The Labute approximate surface area is 148 Å². The van der Waals surface area contributed by atoms with E-state index in [4.69, 9.17) is 23.2 Å². The molecule has 4 nitrogen and oxygen atoms in total. The van der Waals surface area contributed by atoms with E-state index in [1.165, 1.54) is 11.8 Å². The van der Waals surface area contributed by atoms with E-state index in [2.05, 4.69) is 10.6 Å². The maximum atomic E-state index is 11.6. The first-order chi connectivity index (χ1) is 11.1. The first kappa shape index (κ1) is 17.7. The molecule has 0 saturated carbocycles. The number of carbonyl (C=O) groups is 2. The van der Waals surface area contributed by atoms with Gasteiger partial charge in [-0.25, -0.2) is 0 Å². The smallest absolute Gasteiger partial charge is 0.239 e. The Morgan fingerprint density at radius 2 is 1.57 bits per heavy atom. The molecule has 0 aliphatic rings. The topological polar surface area (TPSA) is 58.2 Å². The van der Waals surface area contributed by atoms with Crippen LogP contribution in [0.15, 0.2) is 58.3 Å². The molecule has 2 amide bonds. The number of rotatable bonds is 6. The fourth-order valence-electron chi connectivity index (χ4n) is 1.78. The Balaban J connectivity index is 2.30. The summed E-state index contributed by atoms with van der Waals surface area (Å²) in [5.74, 6) is -0.828. The Kier molecular flexibility index (Phi) is 6.77. The van der Waals surface area contributed by atoms with Crippen molar-refractivity contribution in [2.75, 3.05) is 22.4 Å². The number of hydrogen-bond donors (Lipinski definition) is 2. The van der Waals surface area contributed by atoms with Crippen LogP contribution in [0.1, 0.15) is 0 Å². The lowest BCUT2D eigenvalue weighted by Gasteiger charge is -2.12. The van der Waals surface area contributed by atoms with E-state index >= 15 is 0 Å². The summed E-state index contributed by atoms with van der Waals surface area (Å²) < 4.78 is 0. The van der Waals surface area contributed by atoms with Crippen LogP contribution in [0.5, 0.6) is 0 Å². The second-order valence-electron chi connectivity index (χ2n) is 4.49. The van der Waals surface area contributed by atoms with Gasteiger partial charge in [0.05, 0.1) is 5.69 Å². The zero-order valence-electron chi connectivity index (χ0n) is 12.0. The van der Waals surface area contributed by atoms with Crippen molar-refractivity contribution < 1.29 is 9.59 Å². The van der Waals surface area contributed by atoms with Gasteiger partial charge in [-0.05, 0) is 30.3 Å². The van der Waals surface area contributed by atoms with Gasteiger partial charge >= 0.3 is 0 Å². The van der Waals surface area contributed by atoms with Crippen LogP contribution in [0.4, 0.5) is 11.4 Å². The molecule has 0 aliphatic heterocycles. The van der Waals surface area contributed by atoms with Gasteiger partial charge in [-0.15, -0.1) is 23.2 Å². The number of halogens is 2. The third-order valence-electron chi connectivity index (χ3n) is 2.75. The van der Waals surface area contributed by atoms with Crippen molar-refractivity contribution in [3.8, 4) is 0 Å². The molecule has 0 aliphatic carbocycles. The zero-order chi connectivity index (χ0) is 16.7. The first-order valence-electron chi connectivity index (χ1n) is 6.71. The summed E-state index contributed by atoms with van der Waals surface area (Å²) in [4.78, 5) is 24.8. The zero-order valence-corrected chi connectivity index (χ0v) is 14.3. The Morgan fingerprint density at radius 3 is 2.22 bits per heavy atom. The van der Waals surface area contributed by atoms with E-state index in [1.54, 1.807) is 18.2 Å². The molecule has 0 bridgehead atoms. The largest absolute Gasteiger partial charge is 0.325 e. The molecule has 23 heavy (non-hydrogen) atoms. The maximum absolute atomic E-state index is 11.6. The Hall–Kier alpha value is -1.69. The minimum absolute atomic E-state index is 0.119. The minimum atomic E-state index is -0.292. The second kappa shape index (κ2) is 8.82. The fourth-order valence-corrected chi connectivity index (χ4v) is 2.88. The van der Waals surface area contributed by atoms with Crippen LogP contribution in [0.3, 0.4) is 0 Å². The van der Waals surface area contributed by atoms with Crippen LogP contribution in [0, 0.1) is 0 Å². The highest BCUT2D eigenvalue weighted by Crippen LogP contribution is 2.35. The summed E-state index contributed by atoms with van der Waals surface area (Å²) in [7, 11) is 0. The van der Waals surface area contributed by atoms with Crippen LogP contribution in [0.2, 0.25) is 0 Å². The standard InChI is InChI=1S/C16H14Cl2N2O2S/c17-9-15(21)19-11-6-7-13(20-16(22)10-18)14(8-11)23-12-4-2-1-3-5-12/h1-8H,9-10H2,(H,19,21)(H,20,22). The van der Waals surface area contributed by atoms with Crippen LogP contribution < -0.4 is 10.6 Å². The first-order valence-corrected chi connectivity index (χ1v) is 8.59. The van der Waals surface area contributed by atoms with E-state index < -0.39 is 0 Å². The van der Waals surface area contributed by atoms with E-state index in [-0.39, 0.29) is 23.6 Å². The quantitative estimate of drug-likeness (QED) is 0.751. The molecule has 0 aromatic heterocycles. The average Bonchev–Trinajstić information content (AvgIpc) is 2.57. The highest BCUT2D eigenvalue weighted by molar-refractivity contribution is 7.99. The molecular weight excluding hydrogens is 355 g/mol. The van der Waals surface area contributed by atoms with Gasteiger partial charge in [0.1, 0.15) is 11.8 Å². The molecule has 2 rings (SSSR count). The number of alkyl halides is 2. The summed E-state index contributed by atoms with van der Waals surface area (Å²) >= 11 is 12.5. The van der Waals surface area contributed by atoms with Gasteiger partial charge in [0, 0.05) is 15.5 Å². The predicted octanol–water partition coefficient (Wildman–Crippen LogP) is 4.19. The highest BCUT2D eigenvalue weighted by Gasteiger charge is 2.10. The molecule has 2 N–H and O–H groups in total. The van der Waals surface area contributed by atoms with E-state index in [0.717, 1.165) is 9.79 Å². The molecule has 0 fully saturated rings. The van der Waals surface area contributed by atoms with Gasteiger partial charge < -0.3 is 10.6 Å². The van der Waals surface area contributed by atoms with Gasteiger partial charge in [-0.3, -0.25) is 9.59 Å². The molecule has 2 aromatic rings. The SMILES string of the molecule is O=C(CCl)Nc1ccc(NC(=O)CCl)c(Sc2ccccc2)c1. The van der Waals surface area contributed by atoms with Gasteiger partial charge in [-0.2, -0.15) is 0 Å². The van der Waals surface area contributed by atoms with Gasteiger partial charge in [-0.1, -0.05) is 30.0 Å². The maximum Gasteiger partial charge on any atom is 0.239 e. The molecule has 0 unspecified atom stereocenters. The Bertz CT molecular complexity index is 696. The second-order valence-corrected chi connectivity index (χ2v) is 6.14. The van der Waals surface area contributed by atoms with Gasteiger partial charge in [0.25, 0.3) is 0 Å². The van der Waals surface area contributed by atoms with E-state index in [0.29, 0.717) is 11.4 Å². The lowest BCUT2D eigenvalue weighted by Crippen LogP contribution is -2.14. The van der Waals surface area contributed by atoms with Crippen molar-refractivity contribution >= 4 is 58.2 Å². The van der Waals surface area contributed by atoms with Crippen molar-refractivity contribution in [2.24, 2.45) is 0 Å². The van der Waals surface area contributed by atoms with Crippen molar-refractivity contribution in [3.05, 3.63) is 48.5 Å². The lowest BCUT2D eigenvalue weighted by atomic mass is 10.2. The number of nitrogens with one attached hydrogen (secondary N) is 2. The van der Waals surface area contributed by atoms with E-state index in [1.807, 2.05) is 30.3 Å². The molecule has 0 heterocycles. The van der Waals surface area contributed by atoms with Crippen LogP contribution in [-0.2, 0) is 9.59 Å². The van der Waals surface area contributed by atoms with Gasteiger partial charge in [0.2, 0.25) is 11.8 Å². The van der Waals surface area contributed by atoms with Crippen LogP contribution in [0.25, 0.3) is 0 Å². The lowest BCUT2D eigenvalue weighted by molar-refractivity contribution is -0.114. The molecule has 7 heteroatoms. The molecule has 0 atom stereocenters.